The summed E-state index contributed by atoms with van der Waals surface area (Å²) in [4.78, 5) is 17.8. The molecule has 0 N–H and O–H groups in total. The van der Waals surface area contributed by atoms with E-state index in [2.05, 4.69) is 16.0 Å². The van der Waals surface area contributed by atoms with Gasteiger partial charge in [0.1, 0.15) is 17.7 Å². The Balaban J connectivity index is 2.23. The maximum absolute atomic E-state index is 11.3. The number of hydrogen-bond donors (Lipinski definition) is 0. The fraction of sp³-hybridized carbons (Fsp3) is 0.500. The molecule has 1 aliphatic carbocycles. The highest BCUT2D eigenvalue weighted by molar-refractivity contribution is 5.79. The molecular weight excluding hydrogens is 226 g/mol. The van der Waals surface area contributed by atoms with E-state index in [1.54, 1.807) is 0 Å². The molecule has 1 saturated carbocycles. The number of carbonyl (C=O) groups excluding carboxylic acids is 1. The Bertz CT molecular complexity index is 494. The topological polar surface area (TPSA) is 57.0 Å². The van der Waals surface area contributed by atoms with Gasteiger partial charge in [0.15, 0.2) is 0 Å². The van der Waals surface area contributed by atoms with E-state index in [0.717, 1.165) is 24.4 Å². The lowest BCUT2D eigenvalue weighted by atomic mass is 9.93. The Morgan fingerprint density at radius 1 is 1.39 bits per heavy atom. The van der Waals surface area contributed by atoms with Gasteiger partial charge in [-0.05, 0) is 31.9 Å². The third-order valence-electron chi connectivity index (χ3n) is 3.53. The third-order valence-corrected chi connectivity index (χ3v) is 3.53. The Morgan fingerprint density at radius 2 is 2.06 bits per heavy atom. The van der Waals surface area contributed by atoms with Gasteiger partial charge in [-0.1, -0.05) is 0 Å². The summed E-state index contributed by atoms with van der Waals surface area (Å²) in [6, 6.07) is 6.15. The summed E-state index contributed by atoms with van der Waals surface area (Å²) in [7, 11) is 1.96. The molecule has 0 saturated heterocycles. The molecule has 1 aromatic heterocycles. The molecule has 0 aromatic carbocycles. The minimum absolute atomic E-state index is 0.309. The van der Waals surface area contributed by atoms with Gasteiger partial charge in [-0.3, -0.25) is 4.79 Å². The van der Waals surface area contributed by atoms with Crippen LogP contribution in [0.25, 0.3) is 0 Å². The summed E-state index contributed by atoms with van der Waals surface area (Å²) < 4.78 is 0. The second kappa shape index (κ2) is 5.18. The van der Waals surface area contributed by atoms with E-state index in [4.69, 9.17) is 5.26 Å². The molecule has 0 amide bonds. The zero-order chi connectivity index (χ0) is 13.1. The summed E-state index contributed by atoms with van der Waals surface area (Å²) in [6.07, 6.45) is 3.00. The Kier molecular flexibility index (Phi) is 3.61. The monoisotopic (exact) mass is 243 g/mol. The van der Waals surface area contributed by atoms with E-state index in [1.165, 1.54) is 0 Å². The molecule has 0 spiro atoms. The number of ketones is 1. The van der Waals surface area contributed by atoms with Crippen molar-refractivity contribution >= 4 is 11.6 Å². The lowest BCUT2D eigenvalue weighted by Crippen LogP contribution is -2.36. The van der Waals surface area contributed by atoms with Gasteiger partial charge in [-0.2, -0.15) is 5.26 Å². The fourth-order valence-electron chi connectivity index (χ4n) is 2.38. The highest BCUT2D eigenvalue weighted by Gasteiger charge is 2.24. The van der Waals surface area contributed by atoms with Gasteiger partial charge in [0.25, 0.3) is 0 Å². The van der Waals surface area contributed by atoms with Crippen LogP contribution in [0, 0.1) is 18.3 Å². The zero-order valence-electron chi connectivity index (χ0n) is 10.8. The Labute approximate surface area is 107 Å². The number of anilines is 1. The molecule has 1 aliphatic rings. The average molecular weight is 243 g/mol. The van der Waals surface area contributed by atoms with E-state index in [1.807, 2.05) is 26.1 Å². The molecule has 0 unspecified atom stereocenters. The molecule has 0 radical (unpaired) electrons. The number of hydrogen-bond acceptors (Lipinski definition) is 4. The van der Waals surface area contributed by atoms with Gasteiger partial charge in [0, 0.05) is 31.6 Å². The van der Waals surface area contributed by atoms with Crippen molar-refractivity contribution in [2.45, 2.75) is 38.6 Å². The molecule has 94 valence electrons. The van der Waals surface area contributed by atoms with Crippen molar-refractivity contribution in [1.82, 2.24) is 4.98 Å². The molecule has 0 bridgehead atoms. The number of carbonyl (C=O) groups is 1. The predicted octanol–water partition coefficient (Wildman–Crippen LogP) is 2.21. The highest BCUT2D eigenvalue weighted by atomic mass is 16.1. The molecule has 0 atom stereocenters. The first-order valence-electron chi connectivity index (χ1n) is 6.24. The maximum atomic E-state index is 11.3. The van der Waals surface area contributed by atoms with Crippen LogP contribution in [-0.4, -0.2) is 23.9 Å². The summed E-state index contributed by atoms with van der Waals surface area (Å²) in [6.45, 7) is 1.92. The van der Waals surface area contributed by atoms with Gasteiger partial charge in [0.2, 0.25) is 0 Å². The van der Waals surface area contributed by atoms with Crippen molar-refractivity contribution in [3.63, 3.8) is 0 Å². The second-order valence-electron chi connectivity index (χ2n) is 4.82. The number of nitriles is 1. The first-order chi connectivity index (χ1) is 8.61. The molecule has 1 fully saturated rings. The van der Waals surface area contributed by atoms with E-state index in [0.29, 0.717) is 30.2 Å². The largest absolute Gasteiger partial charge is 0.356 e. The molecule has 4 heteroatoms. The Hall–Kier alpha value is -1.89. The molecule has 2 rings (SSSR count). The number of Topliss-reactive ketones (excluding diaryl/α,β-unsaturated/α-hetero) is 1. The number of pyridine rings is 1. The Morgan fingerprint density at radius 3 is 2.67 bits per heavy atom. The molecule has 0 aliphatic heterocycles. The van der Waals surface area contributed by atoms with Crippen LogP contribution in [-0.2, 0) is 4.79 Å². The van der Waals surface area contributed by atoms with E-state index >= 15 is 0 Å². The van der Waals surface area contributed by atoms with Gasteiger partial charge < -0.3 is 4.90 Å². The number of aryl methyl sites for hydroxylation is 1. The second-order valence-corrected chi connectivity index (χ2v) is 4.82. The van der Waals surface area contributed by atoms with Gasteiger partial charge in [-0.15, -0.1) is 0 Å². The van der Waals surface area contributed by atoms with Crippen molar-refractivity contribution in [1.29, 1.82) is 5.26 Å². The smallest absolute Gasteiger partial charge is 0.146 e. The minimum Gasteiger partial charge on any atom is -0.356 e. The number of aromatic nitrogens is 1. The van der Waals surface area contributed by atoms with Crippen LogP contribution < -0.4 is 4.90 Å². The van der Waals surface area contributed by atoms with Gasteiger partial charge >= 0.3 is 0 Å². The maximum Gasteiger partial charge on any atom is 0.146 e. The standard InChI is InChI=1S/C14H17N3O/c1-10-3-4-11(9-15)14(16-10)17(2)12-5-7-13(18)8-6-12/h3-4,12H,5-8H2,1-2H3. The van der Waals surface area contributed by atoms with Crippen molar-refractivity contribution in [3.8, 4) is 6.07 Å². The van der Waals surface area contributed by atoms with Crippen molar-refractivity contribution in [2.75, 3.05) is 11.9 Å². The van der Waals surface area contributed by atoms with Crippen molar-refractivity contribution in [2.24, 2.45) is 0 Å². The molecule has 1 aromatic rings. The first kappa shape index (κ1) is 12.6. The molecule has 1 heterocycles. The third kappa shape index (κ3) is 2.51. The van der Waals surface area contributed by atoms with Crippen LogP contribution in [0.3, 0.4) is 0 Å². The summed E-state index contributed by atoms with van der Waals surface area (Å²) in [5, 5.41) is 9.13. The first-order valence-corrected chi connectivity index (χ1v) is 6.24. The lowest BCUT2D eigenvalue weighted by Gasteiger charge is -2.32. The summed E-state index contributed by atoms with van der Waals surface area (Å²) in [5.74, 6) is 1.08. The van der Waals surface area contributed by atoms with Gasteiger partial charge in [0.05, 0.1) is 5.56 Å². The van der Waals surface area contributed by atoms with Crippen LogP contribution in [0.2, 0.25) is 0 Å². The van der Waals surface area contributed by atoms with Crippen molar-refractivity contribution < 1.29 is 4.79 Å². The molecule has 18 heavy (non-hydrogen) atoms. The van der Waals surface area contributed by atoms with E-state index in [-0.39, 0.29) is 0 Å². The van der Waals surface area contributed by atoms with Crippen molar-refractivity contribution in [3.05, 3.63) is 23.4 Å². The number of rotatable bonds is 2. The molecular formula is C14H17N3O. The van der Waals surface area contributed by atoms with Crippen LogP contribution >= 0.6 is 0 Å². The minimum atomic E-state index is 0.309. The summed E-state index contributed by atoms with van der Waals surface area (Å²) >= 11 is 0. The number of nitrogens with zero attached hydrogens (tertiary/aromatic N) is 3. The van der Waals surface area contributed by atoms with E-state index in [9.17, 15) is 4.79 Å². The van der Waals surface area contributed by atoms with E-state index < -0.39 is 0 Å². The quantitative estimate of drug-likeness (QED) is 0.799. The highest BCUT2D eigenvalue weighted by Crippen LogP contribution is 2.25. The SMILES string of the molecule is Cc1ccc(C#N)c(N(C)C2CCC(=O)CC2)n1. The van der Waals surface area contributed by atoms with Crippen LogP contribution in [0.4, 0.5) is 5.82 Å². The van der Waals surface area contributed by atoms with Crippen LogP contribution in [0.5, 0.6) is 0 Å². The lowest BCUT2D eigenvalue weighted by molar-refractivity contribution is -0.120. The average Bonchev–Trinajstić information content (AvgIpc) is 2.39. The van der Waals surface area contributed by atoms with Crippen LogP contribution in [0.15, 0.2) is 12.1 Å². The fourth-order valence-corrected chi connectivity index (χ4v) is 2.38. The summed E-state index contributed by atoms with van der Waals surface area (Å²) in [5.41, 5.74) is 1.50. The van der Waals surface area contributed by atoms with Crippen LogP contribution in [0.1, 0.15) is 36.9 Å². The normalized spacial score (nSPS) is 16.4. The molecule has 4 nitrogen and oxygen atoms in total. The van der Waals surface area contributed by atoms with Gasteiger partial charge in [-0.25, -0.2) is 4.98 Å². The predicted molar refractivity (Wildman–Crippen MR) is 69.4 cm³/mol. The zero-order valence-corrected chi connectivity index (χ0v) is 10.8.